The summed E-state index contributed by atoms with van der Waals surface area (Å²) in [5, 5.41) is 9.26. The monoisotopic (exact) mass is 275 g/mol. The van der Waals surface area contributed by atoms with Gasteiger partial charge >= 0.3 is 0 Å². The van der Waals surface area contributed by atoms with Crippen molar-refractivity contribution in [2.75, 3.05) is 14.2 Å². The molecule has 106 valence electrons. The van der Waals surface area contributed by atoms with Crippen molar-refractivity contribution in [3.05, 3.63) is 47.8 Å². The number of aromatic nitrogens is 1. The second-order valence-electron chi connectivity index (χ2n) is 4.05. The van der Waals surface area contributed by atoms with E-state index in [1.54, 1.807) is 32.5 Å². The number of para-hydroxylation sites is 1. The molecule has 0 amide bonds. The minimum Gasteiger partial charge on any atom is -0.493 e. The molecule has 0 aliphatic heterocycles. The van der Waals surface area contributed by atoms with Crippen LogP contribution in [0.4, 0.5) is 0 Å². The van der Waals surface area contributed by atoms with E-state index in [9.17, 15) is 5.11 Å². The van der Waals surface area contributed by atoms with Crippen molar-refractivity contribution in [3.8, 4) is 17.2 Å². The summed E-state index contributed by atoms with van der Waals surface area (Å²) < 4.78 is 16.2. The predicted octanol–water partition coefficient (Wildman–Crippen LogP) is 2.17. The molecule has 1 heterocycles. The fourth-order valence-electron chi connectivity index (χ4n) is 1.87. The smallest absolute Gasteiger partial charge is 0.185 e. The van der Waals surface area contributed by atoms with Crippen LogP contribution in [0, 0.1) is 0 Å². The molecule has 1 N–H and O–H groups in total. The van der Waals surface area contributed by atoms with Crippen molar-refractivity contribution in [1.29, 1.82) is 0 Å². The Bertz CT molecular complexity index is 572. The molecule has 1 aromatic heterocycles. The minimum atomic E-state index is -0.0706. The van der Waals surface area contributed by atoms with Gasteiger partial charge in [0.05, 0.1) is 20.8 Å². The highest BCUT2D eigenvalue weighted by atomic mass is 16.5. The van der Waals surface area contributed by atoms with E-state index in [0.29, 0.717) is 22.9 Å². The average molecular weight is 275 g/mol. The van der Waals surface area contributed by atoms with Gasteiger partial charge in [0.2, 0.25) is 0 Å². The molecule has 0 saturated heterocycles. The summed E-state index contributed by atoms with van der Waals surface area (Å²) in [7, 11) is 3.13. The van der Waals surface area contributed by atoms with Gasteiger partial charge in [-0.25, -0.2) is 0 Å². The van der Waals surface area contributed by atoms with E-state index in [0.717, 1.165) is 5.56 Å². The lowest BCUT2D eigenvalue weighted by molar-refractivity contribution is 0.253. The van der Waals surface area contributed by atoms with Crippen LogP contribution < -0.4 is 14.2 Å². The zero-order chi connectivity index (χ0) is 14.4. The van der Waals surface area contributed by atoms with Gasteiger partial charge in [-0.05, 0) is 6.07 Å². The molecule has 0 bridgehead atoms. The first kappa shape index (κ1) is 14.1. The van der Waals surface area contributed by atoms with Crippen LogP contribution in [0.25, 0.3) is 0 Å². The largest absolute Gasteiger partial charge is 0.493 e. The SMILES string of the molecule is COc1ccnc(COc2ccccc2CO)c1OC. The third-order valence-electron chi connectivity index (χ3n) is 2.87. The zero-order valence-corrected chi connectivity index (χ0v) is 11.5. The van der Waals surface area contributed by atoms with E-state index in [1.165, 1.54) is 0 Å². The molecule has 5 heteroatoms. The molecule has 5 nitrogen and oxygen atoms in total. The van der Waals surface area contributed by atoms with Gasteiger partial charge in [-0.15, -0.1) is 0 Å². The molecule has 0 fully saturated rings. The highest BCUT2D eigenvalue weighted by Gasteiger charge is 2.12. The average Bonchev–Trinajstić information content (AvgIpc) is 2.52. The fourth-order valence-corrected chi connectivity index (χ4v) is 1.87. The van der Waals surface area contributed by atoms with Gasteiger partial charge in [0.1, 0.15) is 18.1 Å². The molecule has 0 radical (unpaired) electrons. The highest BCUT2D eigenvalue weighted by molar-refractivity contribution is 5.42. The van der Waals surface area contributed by atoms with Gasteiger partial charge in [0.25, 0.3) is 0 Å². The van der Waals surface area contributed by atoms with Crippen molar-refractivity contribution in [2.24, 2.45) is 0 Å². The molecule has 2 rings (SSSR count). The molecule has 0 atom stereocenters. The van der Waals surface area contributed by atoms with Crippen LogP contribution in [0.2, 0.25) is 0 Å². The number of hydrogen-bond donors (Lipinski definition) is 1. The summed E-state index contributed by atoms with van der Waals surface area (Å²) in [6.45, 7) is 0.163. The lowest BCUT2D eigenvalue weighted by Crippen LogP contribution is -2.04. The molecule has 2 aromatic rings. The Morgan fingerprint density at radius 2 is 1.85 bits per heavy atom. The van der Waals surface area contributed by atoms with Crippen molar-refractivity contribution in [3.63, 3.8) is 0 Å². The second kappa shape index (κ2) is 6.77. The van der Waals surface area contributed by atoms with Crippen LogP contribution in [0.3, 0.4) is 0 Å². The molecule has 20 heavy (non-hydrogen) atoms. The lowest BCUT2D eigenvalue weighted by Gasteiger charge is -2.13. The van der Waals surface area contributed by atoms with E-state index in [-0.39, 0.29) is 13.2 Å². The Hall–Kier alpha value is -2.27. The second-order valence-corrected chi connectivity index (χ2v) is 4.05. The van der Waals surface area contributed by atoms with E-state index in [4.69, 9.17) is 14.2 Å². The molecule has 0 saturated carbocycles. The maximum atomic E-state index is 9.26. The first-order valence-electron chi connectivity index (χ1n) is 6.17. The zero-order valence-electron chi connectivity index (χ0n) is 11.5. The molecule has 0 aliphatic carbocycles. The summed E-state index contributed by atoms with van der Waals surface area (Å²) >= 11 is 0. The third-order valence-corrected chi connectivity index (χ3v) is 2.87. The number of methoxy groups -OCH3 is 2. The number of rotatable bonds is 6. The topological polar surface area (TPSA) is 60.8 Å². The van der Waals surface area contributed by atoms with Gasteiger partial charge in [-0.2, -0.15) is 0 Å². The summed E-state index contributed by atoms with van der Waals surface area (Å²) in [5.41, 5.74) is 1.37. The van der Waals surface area contributed by atoms with Crippen molar-refractivity contribution >= 4 is 0 Å². The predicted molar refractivity (Wildman–Crippen MR) is 74.0 cm³/mol. The highest BCUT2D eigenvalue weighted by Crippen LogP contribution is 2.30. The first-order valence-corrected chi connectivity index (χ1v) is 6.17. The van der Waals surface area contributed by atoms with Crippen LogP contribution >= 0.6 is 0 Å². The summed E-state index contributed by atoms with van der Waals surface area (Å²) in [6, 6.07) is 9.04. The molecule has 0 spiro atoms. The number of aliphatic hydroxyl groups excluding tert-OH is 1. The lowest BCUT2D eigenvalue weighted by atomic mass is 10.2. The molecule has 1 aromatic carbocycles. The van der Waals surface area contributed by atoms with Crippen molar-refractivity contribution in [1.82, 2.24) is 4.98 Å². The maximum Gasteiger partial charge on any atom is 0.185 e. The number of hydrogen-bond acceptors (Lipinski definition) is 5. The number of pyridine rings is 1. The summed E-state index contributed by atoms with van der Waals surface area (Å²) in [6.07, 6.45) is 1.64. The van der Waals surface area contributed by atoms with Crippen LogP contribution in [0.5, 0.6) is 17.2 Å². The Labute approximate surface area is 117 Å². The molecule has 0 unspecified atom stereocenters. The van der Waals surface area contributed by atoms with E-state index >= 15 is 0 Å². The fraction of sp³-hybridized carbons (Fsp3) is 0.267. The van der Waals surface area contributed by atoms with Crippen LogP contribution in [0.15, 0.2) is 36.5 Å². The Kier molecular flexibility index (Phi) is 4.79. The van der Waals surface area contributed by atoms with Crippen LogP contribution in [-0.2, 0) is 13.2 Å². The van der Waals surface area contributed by atoms with Gasteiger partial charge in [0.15, 0.2) is 11.5 Å². The first-order chi connectivity index (χ1) is 9.80. The van der Waals surface area contributed by atoms with Crippen molar-refractivity contribution in [2.45, 2.75) is 13.2 Å². The van der Waals surface area contributed by atoms with Crippen LogP contribution in [0.1, 0.15) is 11.3 Å². The van der Waals surface area contributed by atoms with E-state index in [1.807, 2.05) is 18.2 Å². The Morgan fingerprint density at radius 1 is 1.05 bits per heavy atom. The van der Waals surface area contributed by atoms with E-state index in [2.05, 4.69) is 4.98 Å². The number of ether oxygens (including phenoxy) is 3. The number of aliphatic hydroxyl groups is 1. The molecular weight excluding hydrogens is 258 g/mol. The summed E-state index contributed by atoms with van der Waals surface area (Å²) in [5.74, 6) is 1.79. The van der Waals surface area contributed by atoms with E-state index < -0.39 is 0 Å². The number of nitrogens with zero attached hydrogens (tertiary/aromatic N) is 1. The van der Waals surface area contributed by atoms with Gasteiger partial charge in [0, 0.05) is 17.8 Å². The van der Waals surface area contributed by atoms with Gasteiger partial charge in [-0.3, -0.25) is 4.98 Å². The maximum absolute atomic E-state index is 9.26. The third kappa shape index (κ3) is 3.00. The van der Waals surface area contributed by atoms with Gasteiger partial charge < -0.3 is 19.3 Å². The molecule has 0 aliphatic rings. The van der Waals surface area contributed by atoms with Crippen molar-refractivity contribution < 1.29 is 19.3 Å². The summed E-state index contributed by atoms with van der Waals surface area (Å²) in [4.78, 5) is 4.24. The molecular formula is C15H17NO4. The number of benzene rings is 1. The standard InChI is InChI=1S/C15H17NO4/c1-18-14-7-8-16-12(15(14)19-2)10-20-13-6-4-3-5-11(13)9-17/h3-8,17H,9-10H2,1-2H3. The normalized spacial score (nSPS) is 10.2. The Balaban J connectivity index is 2.19. The van der Waals surface area contributed by atoms with Crippen LogP contribution in [-0.4, -0.2) is 24.3 Å². The quantitative estimate of drug-likeness (QED) is 0.875. The van der Waals surface area contributed by atoms with Gasteiger partial charge in [-0.1, -0.05) is 18.2 Å². The minimum absolute atomic E-state index is 0.0706. The Morgan fingerprint density at radius 3 is 2.55 bits per heavy atom.